The first-order valence-electron chi connectivity index (χ1n) is 5.08. The number of hydrogen-bond donors (Lipinski definition) is 1. The maximum Gasteiger partial charge on any atom is 0.120 e. The van der Waals surface area contributed by atoms with Crippen LogP contribution in [0.2, 0.25) is 0 Å². The van der Waals surface area contributed by atoms with Crippen LogP contribution in [0.4, 0.5) is 0 Å². The minimum absolute atomic E-state index is 0.630. The van der Waals surface area contributed by atoms with E-state index < -0.39 is 0 Å². The molecule has 0 aliphatic rings. The van der Waals surface area contributed by atoms with Crippen LogP contribution in [0.1, 0.15) is 17.4 Å². The molecule has 0 amide bonds. The molecule has 0 unspecified atom stereocenters. The number of thiophene rings is 1. The number of methoxy groups -OCH3 is 1. The second kappa shape index (κ2) is 4.21. The van der Waals surface area contributed by atoms with E-state index in [1.807, 2.05) is 6.07 Å². The van der Waals surface area contributed by atoms with Crippen molar-refractivity contribution < 1.29 is 4.74 Å². The zero-order valence-electron chi connectivity index (χ0n) is 9.04. The molecule has 0 saturated carbocycles. The van der Waals surface area contributed by atoms with Gasteiger partial charge in [0.15, 0.2) is 0 Å². The van der Waals surface area contributed by atoms with Crippen LogP contribution in [-0.4, -0.2) is 7.11 Å². The van der Waals surface area contributed by atoms with Crippen LogP contribution in [-0.2, 0) is 13.0 Å². The summed E-state index contributed by atoms with van der Waals surface area (Å²) < 4.78 is 6.48. The third-order valence-corrected chi connectivity index (χ3v) is 3.84. The maximum atomic E-state index is 5.74. The molecule has 2 nitrogen and oxygen atoms in total. The third-order valence-electron chi connectivity index (χ3n) is 2.62. The standard InChI is InChI=1S/C12H15NOS/c1-3-9-10-5-4-8(14-2)6-11(10)15-12(9)7-13/h4-6H,3,7,13H2,1-2H3. The molecule has 0 bridgehead atoms. The lowest BCUT2D eigenvalue weighted by Crippen LogP contribution is -1.96. The van der Waals surface area contributed by atoms with E-state index in [1.54, 1.807) is 18.4 Å². The minimum Gasteiger partial charge on any atom is -0.497 e. The molecule has 80 valence electrons. The lowest BCUT2D eigenvalue weighted by atomic mass is 10.1. The summed E-state index contributed by atoms with van der Waals surface area (Å²) in [6, 6.07) is 6.22. The molecule has 3 heteroatoms. The Bertz CT molecular complexity index is 476. The predicted molar refractivity (Wildman–Crippen MR) is 65.6 cm³/mol. The zero-order chi connectivity index (χ0) is 10.8. The molecule has 1 aromatic heterocycles. The summed E-state index contributed by atoms with van der Waals surface area (Å²) in [7, 11) is 1.69. The highest BCUT2D eigenvalue weighted by molar-refractivity contribution is 7.19. The first-order chi connectivity index (χ1) is 7.30. The van der Waals surface area contributed by atoms with Crippen LogP contribution in [0.3, 0.4) is 0 Å². The molecule has 0 saturated heterocycles. The summed E-state index contributed by atoms with van der Waals surface area (Å²) in [4.78, 5) is 1.29. The van der Waals surface area contributed by atoms with Crippen molar-refractivity contribution in [2.75, 3.05) is 7.11 Å². The molecule has 0 fully saturated rings. The van der Waals surface area contributed by atoms with Gasteiger partial charge in [-0.1, -0.05) is 6.92 Å². The topological polar surface area (TPSA) is 35.2 Å². The Labute approximate surface area is 93.7 Å². The van der Waals surface area contributed by atoms with Crippen molar-refractivity contribution >= 4 is 21.4 Å². The average Bonchev–Trinajstić information content (AvgIpc) is 2.65. The maximum absolute atomic E-state index is 5.74. The molecule has 0 atom stereocenters. The van der Waals surface area contributed by atoms with Crippen LogP contribution in [0, 0.1) is 0 Å². The van der Waals surface area contributed by atoms with E-state index in [0.29, 0.717) is 6.54 Å². The van der Waals surface area contributed by atoms with Gasteiger partial charge in [-0.2, -0.15) is 0 Å². The first-order valence-corrected chi connectivity index (χ1v) is 5.90. The van der Waals surface area contributed by atoms with Gasteiger partial charge in [0.25, 0.3) is 0 Å². The monoisotopic (exact) mass is 221 g/mol. The van der Waals surface area contributed by atoms with E-state index >= 15 is 0 Å². The fourth-order valence-electron chi connectivity index (χ4n) is 1.86. The minimum atomic E-state index is 0.630. The molecular formula is C12H15NOS. The fraction of sp³-hybridized carbons (Fsp3) is 0.333. The van der Waals surface area contributed by atoms with Gasteiger partial charge in [0.05, 0.1) is 7.11 Å². The molecule has 15 heavy (non-hydrogen) atoms. The lowest BCUT2D eigenvalue weighted by Gasteiger charge is -2.00. The van der Waals surface area contributed by atoms with E-state index in [-0.39, 0.29) is 0 Å². The molecule has 0 aliphatic heterocycles. The van der Waals surface area contributed by atoms with Gasteiger partial charge < -0.3 is 10.5 Å². The Morgan fingerprint density at radius 3 is 2.80 bits per heavy atom. The molecule has 2 rings (SSSR count). The Morgan fingerprint density at radius 2 is 2.20 bits per heavy atom. The van der Waals surface area contributed by atoms with Crippen molar-refractivity contribution in [3.8, 4) is 5.75 Å². The fourth-order valence-corrected chi connectivity index (χ4v) is 3.06. The SMILES string of the molecule is CCc1c(CN)sc2cc(OC)ccc12. The van der Waals surface area contributed by atoms with Crippen molar-refractivity contribution in [2.24, 2.45) is 5.73 Å². The van der Waals surface area contributed by atoms with Crippen molar-refractivity contribution in [1.29, 1.82) is 0 Å². The number of hydrogen-bond acceptors (Lipinski definition) is 3. The van der Waals surface area contributed by atoms with E-state index in [1.165, 1.54) is 20.5 Å². The molecule has 0 radical (unpaired) electrons. The second-order valence-corrected chi connectivity index (χ2v) is 4.56. The van der Waals surface area contributed by atoms with Crippen LogP contribution in [0.25, 0.3) is 10.1 Å². The number of nitrogens with two attached hydrogens (primary N) is 1. The van der Waals surface area contributed by atoms with Crippen LogP contribution < -0.4 is 10.5 Å². The number of ether oxygens (including phenoxy) is 1. The van der Waals surface area contributed by atoms with Gasteiger partial charge in [-0.25, -0.2) is 0 Å². The van der Waals surface area contributed by atoms with Gasteiger partial charge in [-0.05, 0) is 35.6 Å². The van der Waals surface area contributed by atoms with Gasteiger partial charge >= 0.3 is 0 Å². The van der Waals surface area contributed by atoms with Crippen molar-refractivity contribution in [2.45, 2.75) is 19.9 Å². The molecule has 2 aromatic rings. The highest BCUT2D eigenvalue weighted by atomic mass is 32.1. The Balaban J connectivity index is 2.65. The lowest BCUT2D eigenvalue weighted by molar-refractivity contribution is 0.415. The summed E-state index contributed by atoms with van der Waals surface area (Å²) in [6.07, 6.45) is 1.04. The summed E-state index contributed by atoms with van der Waals surface area (Å²) in [5, 5.41) is 1.32. The third kappa shape index (κ3) is 1.73. The average molecular weight is 221 g/mol. The highest BCUT2D eigenvalue weighted by Gasteiger charge is 2.09. The summed E-state index contributed by atoms with van der Waals surface area (Å²) in [5.41, 5.74) is 7.13. The zero-order valence-corrected chi connectivity index (χ0v) is 9.86. The van der Waals surface area contributed by atoms with Crippen molar-refractivity contribution in [1.82, 2.24) is 0 Å². The van der Waals surface area contributed by atoms with E-state index in [4.69, 9.17) is 10.5 Å². The molecule has 1 heterocycles. The molecule has 0 aliphatic carbocycles. The Hall–Kier alpha value is -1.06. The molecule has 0 spiro atoms. The van der Waals surface area contributed by atoms with Gasteiger partial charge in [0, 0.05) is 16.1 Å². The number of fused-ring (bicyclic) bond motifs is 1. The quantitative estimate of drug-likeness (QED) is 0.865. The molecule has 2 N–H and O–H groups in total. The van der Waals surface area contributed by atoms with Gasteiger partial charge in [0.2, 0.25) is 0 Å². The smallest absolute Gasteiger partial charge is 0.120 e. The normalized spacial score (nSPS) is 10.9. The highest BCUT2D eigenvalue weighted by Crippen LogP contribution is 2.33. The molecule has 1 aromatic carbocycles. The Kier molecular flexibility index (Phi) is 2.93. The van der Waals surface area contributed by atoms with Crippen LogP contribution in [0.15, 0.2) is 18.2 Å². The van der Waals surface area contributed by atoms with Gasteiger partial charge in [-0.3, -0.25) is 0 Å². The van der Waals surface area contributed by atoms with E-state index in [2.05, 4.69) is 19.1 Å². The molecular weight excluding hydrogens is 206 g/mol. The second-order valence-electron chi connectivity index (χ2n) is 3.42. The van der Waals surface area contributed by atoms with Crippen LogP contribution >= 0.6 is 11.3 Å². The first kappa shape index (κ1) is 10.5. The number of benzene rings is 1. The largest absolute Gasteiger partial charge is 0.497 e. The number of aryl methyl sites for hydroxylation is 1. The van der Waals surface area contributed by atoms with E-state index in [9.17, 15) is 0 Å². The van der Waals surface area contributed by atoms with Crippen molar-refractivity contribution in [3.63, 3.8) is 0 Å². The van der Waals surface area contributed by atoms with Gasteiger partial charge in [0.1, 0.15) is 5.75 Å². The van der Waals surface area contributed by atoms with Crippen LogP contribution in [0.5, 0.6) is 5.75 Å². The summed E-state index contributed by atoms with van der Waals surface area (Å²) in [6.45, 7) is 2.80. The predicted octanol–water partition coefficient (Wildman–Crippen LogP) is 2.93. The van der Waals surface area contributed by atoms with Crippen molar-refractivity contribution in [3.05, 3.63) is 28.6 Å². The van der Waals surface area contributed by atoms with Gasteiger partial charge in [-0.15, -0.1) is 11.3 Å². The summed E-state index contributed by atoms with van der Waals surface area (Å²) in [5.74, 6) is 0.912. The number of rotatable bonds is 3. The summed E-state index contributed by atoms with van der Waals surface area (Å²) >= 11 is 1.77. The Morgan fingerprint density at radius 1 is 1.40 bits per heavy atom. The van der Waals surface area contributed by atoms with E-state index in [0.717, 1.165) is 12.2 Å².